The van der Waals surface area contributed by atoms with Crippen LogP contribution in [-0.2, 0) is 11.3 Å². The van der Waals surface area contributed by atoms with Gasteiger partial charge in [0, 0.05) is 5.56 Å². The summed E-state index contributed by atoms with van der Waals surface area (Å²) in [6.45, 7) is 0.188. The number of nitrogens with one attached hydrogen (secondary N) is 1. The number of hydrogen-bond donors (Lipinski definition) is 1. The number of carbonyl (C=O) groups is 1. The Morgan fingerprint density at radius 2 is 2.21 bits per heavy atom. The van der Waals surface area contributed by atoms with Crippen LogP contribution in [0.5, 0.6) is 0 Å². The number of carbonyl (C=O) groups excluding carboxylic acids is 1. The first-order valence-electron chi connectivity index (χ1n) is 5.97. The molecule has 1 atom stereocenters. The van der Waals surface area contributed by atoms with E-state index >= 15 is 0 Å². The minimum Gasteiger partial charge on any atom is -0.350 e. The maximum Gasteiger partial charge on any atom is 0.251 e. The van der Waals surface area contributed by atoms with Crippen LogP contribution < -0.4 is 5.32 Å². The molecule has 0 bridgehead atoms. The lowest BCUT2D eigenvalue weighted by molar-refractivity contribution is -0.127. The molecule has 1 amide bonds. The molecule has 0 aromatic heterocycles. The van der Waals surface area contributed by atoms with Gasteiger partial charge in [-0.2, -0.15) is 11.8 Å². The zero-order valence-electron chi connectivity index (χ0n) is 10.6. The first-order chi connectivity index (χ1) is 9.13. The van der Waals surface area contributed by atoms with E-state index in [4.69, 9.17) is 12.2 Å². The van der Waals surface area contributed by atoms with Gasteiger partial charge in [0.15, 0.2) is 5.11 Å². The predicted octanol–water partition coefficient (Wildman–Crippen LogP) is 2.16. The Kier molecular flexibility index (Phi) is 4.76. The summed E-state index contributed by atoms with van der Waals surface area (Å²) in [5.41, 5.74) is 0.477. The van der Waals surface area contributed by atoms with Crippen LogP contribution in [0.25, 0.3) is 0 Å². The van der Waals surface area contributed by atoms with Crippen LogP contribution in [-0.4, -0.2) is 34.0 Å². The summed E-state index contributed by atoms with van der Waals surface area (Å²) in [6, 6.07) is 6.16. The normalized spacial score (nSPS) is 18.8. The molecule has 1 aromatic carbocycles. The fourth-order valence-corrected chi connectivity index (χ4v) is 2.72. The molecule has 1 aliphatic heterocycles. The van der Waals surface area contributed by atoms with Crippen molar-refractivity contribution in [2.75, 3.05) is 12.0 Å². The van der Waals surface area contributed by atoms with E-state index < -0.39 is 0 Å². The van der Waals surface area contributed by atoms with E-state index in [-0.39, 0.29) is 24.3 Å². The molecular formula is C13H15FN2OS2. The summed E-state index contributed by atoms with van der Waals surface area (Å²) in [7, 11) is 0. The minimum atomic E-state index is -0.314. The molecular weight excluding hydrogens is 283 g/mol. The highest BCUT2D eigenvalue weighted by molar-refractivity contribution is 7.98. The van der Waals surface area contributed by atoms with E-state index in [0.29, 0.717) is 10.7 Å². The van der Waals surface area contributed by atoms with Crippen LogP contribution in [0, 0.1) is 5.82 Å². The zero-order valence-corrected chi connectivity index (χ0v) is 12.2. The number of thiocarbonyl (C=S) groups is 1. The molecule has 0 aliphatic carbocycles. The number of nitrogens with zero attached hydrogens (tertiary/aromatic N) is 1. The Morgan fingerprint density at radius 3 is 2.89 bits per heavy atom. The van der Waals surface area contributed by atoms with E-state index in [9.17, 15) is 9.18 Å². The van der Waals surface area contributed by atoms with Crippen LogP contribution in [0.1, 0.15) is 12.0 Å². The average Bonchev–Trinajstić information content (AvgIpc) is 2.66. The van der Waals surface area contributed by atoms with Crippen molar-refractivity contribution in [3.05, 3.63) is 35.6 Å². The highest BCUT2D eigenvalue weighted by atomic mass is 32.2. The molecule has 1 aromatic rings. The van der Waals surface area contributed by atoms with Crippen LogP contribution in [0.15, 0.2) is 24.3 Å². The monoisotopic (exact) mass is 298 g/mol. The average molecular weight is 298 g/mol. The highest BCUT2D eigenvalue weighted by Crippen LogP contribution is 2.17. The second-order valence-electron chi connectivity index (χ2n) is 4.30. The number of thioether (sulfide) groups is 1. The summed E-state index contributed by atoms with van der Waals surface area (Å²) < 4.78 is 13.6. The van der Waals surface area contributed by atoms with Crippen molar-refractivity contribution in [2.45, 2.75) is 19.0 Å². The lowest BCUT2D eigenvalue weighted by atomic mass is 10.2. The lowest BCUT2D eigenvalue weighted by Gasteiger charge is -2.15. The maximum atomic E-state index is 13.6. The van der Waals surface area contributed by atoms with Crippen molar-refractivity contribution in [1.29, 1.82) is 0 Å². The van der Waals surface area contributed by atoms with Gasteiger partial charge in [0.2, 0.25) is 0 Å². The van der Waals surface area contributed by atoms with Crippen LogP contribution in [0.3, 0.4) is 0 Å². The van der Waals surface area contributed by atoms with Gasteiger partial charge in [0.25, 0.3) is 5.91 Å². The van der Waals surface area contributed by atoms with Crippen molar-refractivity contribution < 1.29 is 9.18 Å². The highest BCUT2D eigenvalue weighted by Gasteiger charge is 2.35. The van der Waals surface area contributed by atoms with Gasteiger partial charge in [-0.15, -0.1) is 0 Å². The van der Waals surface area contributed by atoms with Crippen LogP contribution >= 0.6 is 24.0 Å². The maximum absolute atomic E-state index is 13.6. The van der Waals surface area contributed by atoms with Gasteiger partial charge >= 0.3 is 0 Å². The molecule has 1 fully saturated rings. The Balaban J connectivity index is 2.07. The number of rotatable bonds is 5. The van der Waals surface area contributed by atoms with Crippen LogP contribution in [0.2, 0.25) is 0 Å². The smallest absolute Gasteiger partial charge is 0.251 e. The third-order valence-electron chi connectivity index (χ3n) is 3.00. The molecule has 1 aliphatic rings. The Labute approximate surface area is 121 Å². The van der Waals surface area contributed by atoms with Crippen molar-refractivity contribution in [2.24, 2.45) is 0 Å². The quantitative estimate of drug-likeness (QED) is 0.845. The fraction of sp³-hybridized carbons (Fsp3) is 0.385. The molecule has 1 heterocycles. The standard InChI is InChI=1S/C13H15FN2OS2/c1-19-7-6-11-12(17)16(13(18)15-11)8-9-4-2-3-5-10(9)14/h2-5,11H,6-8H2,1H3,(H,15,18)/t11-/m1/s1. The van der Waals surface area contributed by atoms with Gasteiger partial charge in [-0.25, -0.2) is 4.39 Å². The van der Waals surface area contributed by atoms with Crippen molar-refractivity contribution in [1.82, 2.24) is 10.2 Å². The number of hydrogen-bond acceptors (Lipinski definition) is 3. The Bertz CT molecular complexity index is 495. The Hall–Kier alpha value is -1.14. The van der Waals surface area contributed by atoms with Gasteiger partial charge < -0.3 is 5.32 Å². The van der Waals surface area contributed by atoms with E-state index in [0.717, 1.165) is 12.2 Å². The number of halogens is 1. The van der Waals surface area contributed by atoms with Gasteiger partial charge in [-0.3, -0.25) is 9.69 Å². The summed E-state index contributed by atoms with van der Waals surface area (Å²) in [5, 5.41) is 3.39. The third-order valence-corrected chi connectivity index (χ3v) is 3.99. The molecule has 0 spiro atoms. The van der Waals surface area contributed by atoms with Crippen molar-refractivity contribution >= 4 is 35.0 Å². The van der Waals surface area contributed by atoms with E-state index in [1.54, 1.807) is 30.0 Å². The third kappa shape index (κ3) is 3.25. The molecule has 1 N–H and O–H groups in total. The molecule has 1 saturated heterocycles. The van der Waals surface area contributed by atoms with E-state index in [1.807, 2.05) is 6.26 Å². The largest absolute Gasteiger partial charge is 0.350 e. The molecule has 6 heteroatoms. The summed E-state index contributed by atoms with van der Waals surface area (Å²) in [4.78, 5) is 13.6. The van der Waals surface area contributed by atoms with E-state index in [1.165, 1.54) is 11.0 Å². The lowest BCUT2D eigenvalue weighted by Crippen LogP contribution is -2.31. The topological polar surface area (TPSA) is 32.3 Å². The second kappa shape index (κ2) is 6.34. The van der Waals surface area contributed by atoms with Crippen molar-refractivity contribution in [3.63, 3.8) is 0 Å². The number of benzene rings is 1. The predicted molar refractivity (Wildman–Crippen MR) is 79.5 cm³/mol. The van der Waals surface area contributed by atoms with E-state index in [2.05, 4.69) is 5.32 Å². The summed E-state index contributed by atoms with van der Waals surface area (Å²) in [6.07, 6.45) is 2.72. The van der Waals surface area contributed by atoms with Gasteiger partial charge in [0.05, 0.1) is 6.54 Å². The number of amides is 1. The van der Waals surface area contributed by atoms with Crippen LogP contribution in [0.4, 0.5) is 4.39 Å². The second-order valence-corrected chi connectivity index (χ2v) is 5.67. The molecule has 3 nitrogen and oxygen atoms in total. The van der Waals surface area contributed by atoms with Gasteiger partial charge in [-0.05, 0) is 36.7 Å². The molecule has 102 valence electrons. The zero-order chi connectivity index (χ0) is 13.8. The fourth-order valence-electron chi connectivity index (χ4n) is 1.95. The SMILES string of the molecule is CSCC[C@H]1NC(=S)N(Cc2ccccc2F)C1=O. The summed E-state index contributed by atoms with van der Waals surface area (Å²) >= 11 is 6.84. The first kappa shape index (κ1) is 14.3. The molecule has 19 heavy (non-hydrogen) atoms. The summed E-state index contributed by atoms with van der Waals surface area (Å²) in [5.74, 6) is 0.507. The van der Waals surface area contributed by atoms with Gasteiger partial charge in [-0.1, -0.05) is 18.2 Å². The van der Waals surface area contributed by atoms with Crippen molar-refractivity contribution in [3.8, 4) is 0 Å². The molecule has 0 unspecified atom stereocenters. The first-order valence-corrected chi connectivity index (χ1v) is 7.78. The van der Waals surface area contributed by atoms with Gasteiger partial charge in [0.1, 0.15) is 11.9 Å². The molecule has 2 rings (SSSR count). The minimum absolute atomic E-state index is 0.0673. The molecule has 0 radical (unpaired) electrons. The molecule has 0 saturated carbocycles. The Morgan fingerprint density at radius 1 is 1.47 bits per heavy atom.